The van der Waals surface area contributed by atoms with Gasteiger partial charge in [0.15, 0.2) is 0 Å². The van der Waals surface area contributed by atoms with Gasteiger partial charge in [-0.3, -0.25) is 4.79 Å². The highest BCUT2D eigenvalue weighted by atomic mass is 16.1. The average Bonchev–Trinajstić information content (AvgIpc) is 2.42. The molecule has 0 bridgehead atoms. The summed E-state index contributed by atoms with van der Waals surface area (Å²) in [7, 11) is 0. The molecule has 0 aliphatic carbocycles. The Bertz CT molecular complexity index is 561. The quantitative estimate of drug-likeness (QED) is 0.821. The first-order valence-electron chi connectivity index (χ1n) is 6.45. The molecule has 1 amide bonds. The molecule has 0 fully saturated rings. The number of amides is 1. The van der Waals surface area contributed by atoms with Crippen molar-refractivity contribution >= 4 is 17.3 Å². The third kappa shape index (κ3) is 3.35. The fourth-order valence-electron chi connectivity index (χ4n) is 1.96. The van der Waals surface area contributed by atoms with Crippen LogP contribution in [0.3, 0.4) is 0 Å². The maximum atomic E-state index is 12.1. The van der Waals surface area contributed by atoms with Crippen LogP contribution >= 0.6 is 0 Å². The predicted molar refractivity (Wildman–Crippen MR) is 79.2 cm³/mol. The summed E-state index contributed by atoms with van der Waals surface area (Å²) in [6.45, 7) is 2.12. The second-order valence-corrected chi connectivity index (χ2v) is 4.48. The third-order valence-electron chi connectivity index (χ3n) is 2.96. The molecule has 2 aromatic rings. The second-order valence-electron chi connectivity index (χ2n) is 4.48. The molecule has 0 saturated heterocycles. The molecule has 19 heavy (non-hydrogen) atoms. The van der Waals surface area contributed by atoms with Gasteiger partial charge in [-0.25, -0.2) is 0 Å². The van der Waals surface area contributed by atoms with Crippen molar-refractivity contribution in [1.82, 2.24) is 0 Å². The van der Waals surface area contributed by atoms with Gasteiger partial charge in [0.05, 0.1) is 0 Å². The maximum absolute atomic E-state index is 12.1. The summed E-state index contributed by atoms with van der Waals surface area (Å²) >= 11 is 0. The number of hydrogen-bond acceptors (Lipinski definition) is 2. The summed E-state index contributed by atoms with van der Waals surface area (Å²) in [6, 6.07) is 14.8. The molecule has 2 aromatic carbocycles. The van der Waals surface area contributed by atoms with Gasteiger partial charge in [-0.1, -0.05) is 31.5 Å². The number of carbonyl (C=O) groups excluding carboxylic acids is 1. The fraction of sp³-hybridized carbons (Fsp3) is 0.188. The lowest BCUT2D eigenvalue weighted by Gasteiger charge is -2.10. The summed E-state index contributed by atoms with van der Waals surface area (Å²) in [6.07, 6.45) is 2.01. The molecule has 0 aromatic heterocycles. The molecule has 0 spiro atoms. The van der Waals surface area contributed by atoms with Crippen LogP contribution in [0, 0.1) is 0 Å². The molecule has 0 unspecified atom stereocenters. The zero-order valence-electron chi connectivity index (χ0n) is 11.0. The van der Waals surface area contributed by atoms with Crippen LogP contribution in [0.2, 0.25) is 0 Å². The number of benzene rings is 2. The SMILES string of the molecule is CCCc1ccccc1NC(=O)c1ccc(N)cc1. The first kappa shape index (κ1) is 13.1. The van der Waals surface area contributed by atoms with E-state index in [0.29, 0.717) is 11.3 Å². The van der Waals surface area contributed by atoms with Crippen molar-refractivity contribution in [2.75, 3.05) is 11.1 Å². The van der Waals surface area contributed by atoms with E-state index in [1.807, 2.05) is 24.3 Å². The van der Waals surface area contributed by atoms with Crippen molar-refractivity contribution in [3.8, 4) is 0 Å². The van der Waals surface area contributed by atoms with Gasteiger partial charge in [-0.05, 0) is 42.3 Å². The molecule has 0 heterocycles. The predicted octanol–water partition coefficient (Wildman–Crippen LogP) is 3.47. The van der Waals surface area contributed by atoms with Gasteiger partial charge in [-0.15, -0.1) is 0 Å². The molecule has 3 nitrogen and oxygen atoms in total. The van der Waals surface area contributed by atoms with Crippen molar-refractivity contribution in [3.05, 3.63) is 59.7 Å². The van der Waals surface area contributed by atoms with Crippen LogP contribution in [0.4, 0.5) is 11.4 Å². The molecule has 0 aliphatic rings. The number of nitrogen functional groups attached to an aromatic ring is 1. The monoisotopic (exact) mass is 254 g/mol. The van der Waals surface area contributed by atoms with Gasteiger partial charge in [0.2, 0.25) is 0 Å². The smallest absolute Gasteiger partial charge is 0.255 e. The average molecular weight is 254 g/mol. The van der Waals surface area contributed by atoms with Crippen LogP contribution in [-0.2, 0) is 6.42 Å². The number of para-hydroxylation sites is 1. The molecular formula is C16H18N2O. The van der Waals surface area contributed by atoms with Gasteiger partial charge < -0.3 is 11.1 Å². The second kappa shape index (κ2) is 6.05. The van der Waals surface area contributed by atoms with E-state index in [0.717, 1.165) is 24.1 Å². The molecule has 3 N–H and O–H groups in total. The molecule has 0 radical (unpaired) electrons. The van der Waals surface area contributed by atoms with Gasteiger partial charge in [0, 0.05) is 16.9 Å². The van der Waals surface area contributed by atoms with Crippen LogP contribution < -0.4 is 11.1 Å². The Balaban J connectivity index is 2.16. The van der Waals surface area contributed by atoms with E-state index in [2.05, 4.69) is 12.2 Å². The summed E-state index contributed by atoms with van der Waals surface area (Å²) in [5.74, 6) is -0.108. The number of hydrogen-bond donors (Lipinski definition) is 2. The third-order valence-corrected chi connectivity index (χ3v) is 2.96. The van der Waals surface area contributed by atoms with Crippen molar-refractivity contribution < 1.29 is 4.79 Å². The van der Waals surface area contributed by atoms with Crippen molar-refractivity contribution in [2.24, 2.45) is 0 Å². The van der Waals surface area contributed by atoms with Crippen LogP contribution in [0.15, 0.2) is 48.5 Å². The number of aryl methyl sites for hydroxylation is 1. The molecule has 0 saturated carbocycles. The Labute approximate surface area is 113 Å². The highest BCUT2D eigenvalue weighted by molar-refractivity contribution is 6.04. The van der Waals surface area contributed by atoms with E-state index >= 15 is 0 Å². The van der Waals surface area contributed by atoms with Crippen LogP contribution in [0.5, 0.6) is 0 Å². The molecule has 3 heteroatoms. The minimum Gasteiger partial charge on any atom is -0.399 e. The van der Waals surface area contributed by atoms with Crippen molar-refractivity contribution in [1.29, 1.82) is 0 Å². The Morgan fingerprint density at radius 1 is 1.11 bits per heavy atom. The largest absolute Gasteiger partial charge is 0.399 e. The van der Waals surface area contributed by atoms with E-state index < -0.39 is 0 Å². The molecule has 0 atom stereocenters. The molecular weight excluding hydrogens is 236 g/mol. The zero-order valence-corrected chi connectivity index (χ0v) is 11.0. The van der Waals surface area contributed by atoms with Crippen LogP contribution in [0.25, 0.3) is 0 Å². The Morgan fingerprint density at radius 3 is 2.47 bits per heavy atom. The van der Waals surface area contributed by atoms with Gasteiger partial charge in [0.25, 0.3) is 5.91 Å². The fourth-order valence-corrected chi connectivity index (χ4v) is 1.96. The van der Waals surface area contributed by atoms with E-state index in [9.17, 15) is 4.79 Å². The summed E-state index contributed by atoms with van der Waals surface area (Å²) in [4.78, 5) is 12.1. The van der Waals surface area contributed by atoms with Gasteiger partial charge in [0.1, 0.15) is 0 Å². The van der Waals surface area contributed by atoms with Gasteiger partial charge >= 0.3 is 0 Å². The normalized spacial score (nSPS) is 10.2. The zero-order chi connectivity index (χ0) is 13.7. The summed E-state index contributed by atoms with van der Waals surface area (Å²) in [5, 5.41) is 2.95. The molecule has 2 rings (SSSR count). The first-order chi connectivity index (χ1) is 9.20. The molecule has 98 valence electrons. The standard InChI is InChI=1S/C16H18N2O/c1-2-5-12-6-3-4-7-15(12)18-16(19)13-8-10-14(17)11-9-13/h3-4,6-11H,2,5,17H2,1H3,(H,18,19). The molecule has 0 aliphatic heterocycles. The number of nitrogens with two attached hydrogens (primary N) is 1. The van der Waals surface area contributed by atoms with E-state index in [-0.39, 0.29) is 5.91 Å². The Morgan fingerprint density at radius 2 is 1.79 bits per heavy atom. The first-order valence-corrected chi connectivity index (χ1v) is 6.45. The Kier molecular flexibility index (Phi) is 4.18. The lowest BCUT2D eigenvalue weighted by atomic mass is 10.1. The Hall–Kier alpha value is -2.29. The van der Waals surface area contributed by atoms with E-state index in [4.69, 9.17) is 5.73 Å². The lowest BCUT2D eigenvalue weighted by molar-refractivity contribution is 0.102. The summed E-state index contributed by atoms with van der Waals surface area (Å²) in [5.41, 5.74) is 8.92. The topological polar surface area (TPSA) is 55.1 Å². The highest BCUT2D eigenvalue weighted by Gasteiger charge is 2.08. The van der Waals surface area contributed by atoms with Crippen molar-refractivity contribution in [3.63, 3.8) is 0 Å². The maximum Gasteiger partial charge on any atom is 0.255 e. The van der Waals surface area contributed by atoms with E-state index in [1.165, 1.54) is 0 Å². The number of nitrogens with one attached hydrogen (secondary N) is 1. The number of anilines is 2. The minimum absolute atomic E-state index is 0.108. The summed E-state index contributed by atoms with van der Waals surface area (Å²) < 4.78 is 0. The lowest BCUT2D eigenvalue weighted by Crippen LogP contribution is -2.13. The van der Waals surface area contributed by atoms with Crippen LogP contribution in [0.1, 0.15) is 29.3 Å². The van der Waals surface area contributed by atoms with Crippen LogP contribution in [-0.4, -0.2) is 5.91 Å². The van der Waals surface area contributed by atoms with Gasteiger partial charge in [-0.2, -0.15) is 0 Å². The number of rotatable bonds is 4. The number of carbonyl (C=O) groups is 1. The minimum atomic E-state index is -0.108. The highest BCUT2D eigenvalue weighted by Crippen LogP contribution is 2.18. The van der Waals surface area contributed by atoms with Crippen molar-refractivity contribution in [2.45, 2.75) is 19.8 Å². The van der Waals surface area contributed by atoms with E-state index in [1.54, 1.807) is 24.3 Å².